The zero-order valence-corrected chi connectivity index (χ0v) is 11.5. The van der Waals surface area contributed by atoms with Crippen LogP contribution in [0.2, 0.25) is 0 Å². The second kappa shape index (κ2) is 8.37. The molecule has 1 aromatic carbocycles. The lowest BCUT2D eigenvalue weighted by atomic mass is 10.2. The SMILES string of the molecule is COc1ccccc1CNC(=O)NC(C)CCCO. The highest BCUT2D eigenvalue weighted by Crippen LogP contribution is 2.16. The molecular formula is C14H22N2O3. The first kappa shape index (κ1) is 15.3. The fourth-order valence-corrected chi connectivity index (χ4v) is 1.77. The highest BCUT2D eigenvalue weighted by atomic mass is 16.5. The number of rotatable bonds is 7. The summed E-state index contributed by atoms with van der Waals surface area (Å²) in [5.41, 5.74) is 0.933. The Morgan fingerprint density at radius 1 is 1.42 bits per heavy atom. The minimum Gasteiger partial charge on any atom is -0.496 e. The molecule has 1 rings (SSSR count). The molecule has 5 nitrogen and oxygen atoms in total. The van der Waals surface area contributed by atoms with Gasteiger partial charge in [0.15, 0.2) is 0 Å². The summed E-state index contributed by atoms with van der Waals surface area (Å²) in [7, 11) is 1.61. The van der Waals surface area contributed by atoms with Crippen LogP contribution in [0.4, 0.5) is 4.79 Å². The Hall–Kier alpha value is -1.75. The number of urea groups is 1. The molecule has 0 aliphatic carbocycles. The van der Waals surface area contributed by atoms with E-state index in [4.69, 9.17) is 9.84 Å². The molecule has 3 N–H and O–H groups in total. The number of hydrogen-bond acceptors (Lipinski definition) is 3. The van der Waals surface area contributed by atoms with E-state index in [-0.39, 0.29) is 18.7 Å². The highest BCUT2D eigenvalue weighted by Gasteiger charge is 2.07. The van der Waals surface area contributed by atoms with Gasteiger partial charge in [-0.25, -0.2) is 4.79 Å². The Kier molecular flexibility index (Phi) is 6.74. The van der Waals surface area contributed by atoms with Crippen LogP contribution >= 0.6 is 0 Å². The molecule has 2 amide bonds. The van der Waals surface area contributed by atoms with E-state index in [9.17, 15) is 4.79 Å². The molecule has 0 heterocycles. The zero-order chi connectivity index (χ0) is 14.1. The normalized spacial score (nSPS) is 11.7. The third-order valence-corrected chi connectivity index (χ3v) is 2.80. The quantitative estimate of drug-likeness (QED) is 0.703. The zero-order valence-electron chi connectivity index (χ0n) is 11.5. The molecule has 106 valence electrons. The van der Waals surface area contributed by atoms with Gasteiger partial charge in [0.25, 0.3) is 0 Å². The molecule has 0 aliphatic rings. The summed E-state index contributed by atoms with van der Waals surface area (Å²) in [6.07, 6.45) is 1.45. The van der Waals surface area contributed by atoms with E-state index in [0.29, 0.717) is 13.0 Å². The second-order valence-electron chi connectivity index (χ2n) is 4.41. The number of aliphatic hydroxyl groups is 1. The minimum absolute atomic E-state index is 0.0461. The van der Waals surface area contributed by atoms with Crippen molar-refractivity contribution < 1.29 is 14.6 Å². The third kappa shape index (κ3) is 5.61. The van der Waals surface area contributed by atoms with Gasteiger partial charge in [-0.3, -0.25) is 0 Å². The third-order valence-electron chi connectivity index (χ3n) is 2.80. The molecule has 0 aliphatic heterocycles. The Morgan fingerprint density at radius 2 is 2.16 bits per heavy atom. The van der Waals surface area contributed by atoms with Crippen LogP contribution in [0.3, 0.4) is 0 Å². The van der Waals surface area contributed by atoms with Crippen molar-refractivity contribution in [1.82, 2.24) is 10.6 Å². The Labute approximate surface area is 114 Å². The monoisotopic (exact) mass is 266 g/mol. The number of methoxy groups -OCH3 is 1. The van der Waals surface area contributed by atoms with Crippen LogP contribution in [0.25, 0.3) is 0 Å². The molecule has 0 radical (unpaired) electrons. The molecule has 0 spiro atoms. The van der Waals surface area contributed by atoms with Gasteiger partial charge in [0, 0.05) is 24.8 Å². The maximum absolute atomic E-state index is 11.7. The van der Waals surface area contributed by atoms with E-state index in [1.807, 2.05) is 31.2 Å². The van der Waals surface area contributed by atoms with Crippen LogP contribution < -0.4 is 15.4 Å². The number of para-hydroxylation sites is 1. The second-order valence-corrected chi connectivity index (χ2v) is 4.41. The number of carbonyl (C=O) groups excluding carboxylic acids is 1. The molecular weight excluding hydrogens is 244 g/mol. The average molecular weight is 266 g/mol. The minimum atomic E-state index is -0.212. The van der Waals surface area contributed by atoms with E-state index < -0.39 is 0 Å². The fraction of sp³-hybridized carbons (Fsp3) is 0.500. The lowest BCUT2D eigenvalue weighted by Gasteiger charge is -2.14. The maximum Gasteiger partial charge on any atom is 0.315 e. The summed E-state index contributed by atoms with van der Waals surface area (Å²) < 4.78 is 5.21. The van der Waals surface area contributed by atoms with Crippen molar-refractivity contribution in [2.75, 3.05) is 13.7 Å². The molecule has 0 fully saturated rings. The van der Waals surface area contributed by atoms with Gasteiger partial charge < -0.3 is 20.5 Å². The summed E-state index contributed by atoms with van der Waals surface area (Å²) in [4.78, 5) is 11.7. The average Bonchev–Trinajstić information content (AvgIpc) is 2.43. The van der Waals surface area contributed by atoms with Gasteiger partial charge in [-0.2, -0.15) is 0 Å². The number of hydrogen-bond donors (Lipinski definition) is 3. The smallest absolute Gasteiger partial charge is 0.315 e. The van der Waals surface area contributed by atoms with Crippen molar-refractivity contribution in [1.29, 1.82) is 0 Å². The summed E-state index contributed by atoms with van der Waals surface area (Å²) in [6.45, 7) is 2.48. The lowest BCUT2D eigenvalue weighted by molar-refractivity contribution is 0.234. The van der Waals surface area contributed by atoms with E-state index in [1.165, 1.54) is 0 Å². The molecule has 1 unspecified atom stereocenters. The first-order valence-corrected chi connectivity index (χ1v) is 6.44. The first-order valence-electron chi connectivity index (χ1n) is 6.44. The molecule has 0 saturated heterocycles. The molecule has 0 bridgehead atoms. The van der Waals surface area contributed by atoms with Crippen LogP contribution in [0.1, 0.15) is 25.3 Å². The number of carbonyl (C=O) groups is 1. The van der Waals surface area contributed by atoms with Crippen molar-refractivity contribution >= 4 is 6.03 Å². The highest BCUT2D eigenvalue weighted by molar-refractivity contribution is 5.74. The van der Waals surface area contributed by atoms with Gasteiger partial charge in [0.2, 0.25) is 0 Å². The number of nitrogens with one attached hydrogen (secondary N) is 2. The van der Waals surface area contributed by atoms with Crippen LogP contribution in [0, 0.1) is 0 Å². The summed E-state index contributed by atoms with van der Waals surface area (Å²) in [5, 5.41) is 14.3. The Balaban J connectivity index is 2.37. The van der Waals surface area contributed by atoms with E-state index >= 15 is 0 Å². The molecule has 19 heavy (non-hydrogen) atoms. The molecule has 1 atom stereocenters. The predicted octanol–water partition coefficient (Wildman–Crippen LogP) is 1.66. The fourth-order valence-electron chi connectivity index (χ4n) is 1.77. The Bertz CT molecular complexity index is 396. The van der Waals surface area contributed by atoms with Crippen LogP contribution in [-0.2, 0) is 6.54 Å². The van der Waals surface area contributed by atoms with Crippen molar-refractivity contribution in [2.24, 2.45) is 0 Å². The number of ether oxygens (including phenoxy) is 1. The number of aliphatic hydroxyl groups excluding tert-OH is 1. The van der Waals surface area contributed by atoms with Crippen molar-refractivity contribution in [3.05, 3.63) is 29.8 Å². The van der Waals surface area contributed by atoms with E-state index in [0.717, 1.165) is 17.7 Å². The van der Waals surface area contributed by atoms with Gasteiger partial charge >= 0.3 is 6.03 Å². The van der Waals surface area contributed by atoms with Gasteiger partial charge in [0.05, 0.1) is 7.11 Å². The Morgan fingerprint density at radius 3 is 2.84 bits per heavy atom. The number of benzene rings is 1. The van der Waals surface area contributed by atoms with Gasteiger partial charge in [-0.05, 0) is 25.8 Å². The lowest BCUT2D eigenvalue weighted by Crippen LogP contribution is -2.40. The van der Waals surface area contributed by atoms with Crippen molar-refractivity contribution in [2.45, 2.75) is 32.4 Å². The summed E-state index contributed by atoms with van der Waals surface area (Å²) in [5.74, 6) is 0.760. The predicted molar refractivity (Wildman–Crippen MR) is 74.1 cm³/mol. The van der Waals surface area contributed by atoms with E-state index in [2.05, 4.69) is 10.6 Å². The van der Waals surface area contributed by atoms with Crippen LogP contribution in [0.15, 0.2) is 24.3 Å². The molecule has 1 aromatic rings. The van der Waals surface area contributed by atoms with Crippen molar-refractivity contribution in [3.63, 3.8) is 0 Å². The summed E-state index contributed by atoms with van der Waals surface area (Å²) >= 11 is 0. The van der Waals surface area contributed by atoms with Crippen LogP contribution in [0.5, 0.6) is 5.75 Å². The molecule has 0 aromatic heterocycles. The summed E-state index contributed by atoms with van der Waals surface area (Å²) in [6, 6.07) is 7.40. The van der Waals surface area contributed by atoms with Gasteiger partial charge in [-0.1, -0.05) is 18.2 Å². The number of amides is 2. The molecule has 0 saturated carbocycles. The van der Waals surface area contributed by atoms with Crippen LogP contribution in [-0.4, -0.2) is 30.9 Å². The topological polar surface area (TPSA) is 70.6 Å². The first-order chi connectivity index (χ1) is 9.17. The van der Waals surface area contributed by atoms with E-state index in [1.54, 1.807) is 7.11 Å². The maximum atomic E-state index is 11.7. The van der Waals surface area contributed by atoms with Crippen molar-refractivity contribution in [3.8, 4) is 5.75 Å². The standard InChI is InChI=1S/C14H22N2O3/c1-11(6-5-9-17)16-14(18)15-10-12-7-3-4-8-13(12)19-2/h3-4,7-8,11,17H,5-6,9-10H2,1-2H3,(H2,15,16,18). The largest absolute Gasteiger partial charge is 0.496 e. The van der Waals surface area contributed by atoms with Gasteiger partial charge in [0.1, 0.15) is 5.75 Å². The van der Waals surface area contributed by atoms with Gasteiger partial charge in [-0.15, -0.1) is 0 Å². The molecule has 5 heteroatoms.